The van der Waals surface area contributed by atoms with Crippen LogP contribution in [-0.4, -0.2) is 23.1 Å². The van der Waals surface area contributed by atoms with Gasteiger partial charge in [0.2, 0.25) is 0 Å². The van der Waals surface area contributed by atoms with E-state index in [2.05, 4.69) is 25.1 Å². The monoisotopic (exact) mass is 442 g/mol. The Morgan fingerprint density at radius 3 is 2.31 bits per heavy atom. The SMILES string of the molecule is CCCCCCCCCCC(C=CC=Cc1ccccc1CCCCC(=O)O)OC(C)=O. The van der Waals surface area contributed by atoms with Gasteiger partial charge in [0, 0.05) is 13.3 Å². The molecule has 0 heterocycles. The average molecular weight is 443 g/mol. The molecule has 0 saturated carbocycles. The molecule has 1 N–H and O–H groups in total. The molecule has 4 nitrogen and oxygen atoms in total. The summed E-state index contributed by atoms with van der Waals surface area (Å²) in [5.41, 5.74) is 2.36. The summed E-state index contributed by atoms with van der Waals surface area (Å²) < 4.78 is 5.46. The van der Waals surface area contributed by atoms with Gasteiger partial charge in [0.05, 0.1) is 0 Å². The van der Waals surface area contributed by atoms with Crippen LogP contribution in [0.3, 0.4) is 0 Å². The molecule has 1 unspecified atom stereocenters. The van der Waals surface area contributed by atoms with E-state index in [0.29, 0.717) is 6.42 Å². The quantitative estimate of drug-likeness (QED) is 0.145. The average Bonchev–Trinajstić information content (AvgIpc) is 2.76. The number of carboxylic acid groups (broad SMARTS) is 1. The van der Waals surface area contributed by atoms with Gasteiger partial charge in [-0.05, 0) is 49.3 Å². The molecule has 0 aliphatic rings. The maximum absolute atomic E-state index is 11.4. The molecule has 0 aliphatic heterocycles. The van der Waals surface area contributed by atoms with E-state index < -0.39 is 5.97 Å². The molecule has 0 amide bonds. The van der Waals surface area contributed by atoms with Gasteiger partial charge in [-0.2, -0.15) is 0 Å². The molecule has 0 aliphatic carbocycles. The lowest BCUT2D eigenvalue weighted by atomic mass is 10.0. The van der Waals surface area contributed by atoms with E-state index in [1.54, 1.807) is 0 Å². The number of carbonyl (C=O) groups is 2. The minimum atomic E-state index is -0.738. The van der Waals surface area contributed by atoms with Crippen LogP contribution >= 0.6 is 0 Å². The summed E-state index contributed by atoms with van der Waals surface area (Å²) in [7, 11) is 0. The number of aryl methyl sites for hydroxylation is 1. The third-order valence-electron chi connectivity index (χ3n) is 5.51. The molecule has 1 rings (SSSR count). The summed E-state index contributed by atoms with van der Waals surface area (Å²) >= 11 is 0. The Labute approximate surface area is 194 Å². The molecule has 0 bridgehead atoms. The third kappa shape index (κ3) is 14.6. The van der Waals surface area contributed by atoms with Crippen molar-refractivity contribution in [1.82, 2.24) is 0 Å². The fourth-order valence-corrected chi connectivity index (χ4v) is 3.75. The summed E-state index contributed by atoms with van der Waals surface area (Å²) in [6, 6.07) is 8.18. The number of hydrogen-bond acceptors (Lipinski definition) is 3. The number of hydrogen-bond donors (Lipinski definition) is 1. The Kier molecular flexibility index (Phi) is 15.8. The normalized spacial score (nSPS) is 12.4. The van der Waals surface area contributed by atoms with Crippen LogP contribution in [0.25, 0.3) is 6.08 Å². The van der Waals surface area contributed by atoms with Gasteiger partial charge >= 0.3 is 11.9 Å². The second-order valence-electron chi connectivity index (χ2n) is 8.46. The maximum Gasteiger partial charge on any atom is 0.303 e. The first-order chi connectivity index (χ1) is 15.5. The van der Waals surface area contributed by atoms with Crippen LogP contribution in [0.1, 0.15) is 102 Å². The number of allylic oxidation sites excluding steroid dienone is 2. The highest BCUT2D eigenvalue weighted by atomic mass is 16.5. The Morgan fingerprint density at radius 1 is 0.938 bits per heavy atom. The highest BCUT2D eigenvalue weighted by Gasteiger charge is 2.07. The van der Waals surface area contributed by atoms with Crippen LogP contribution in [0, 0.1) is 0 Å². The highest BCUT2D eigenvalue weighted by Crippen LogP contribution is 2.16. The standard InChI is InChI=1S/C28H42O4/c1-3-4-5-6-7-8-9-10-21-27(32-24(2)29)22-15-13-19-25-17-11-12-18-26(25)20-14-16-23-28(30)31/h11-13,15,17-19,22,27H,3-10,14,16,20-21,23H2,1-2H3,(H,30,31). The van der Waals surface area contributed by atoms with Crippen LogP contribution in [-0.2, 0) is 20.7 Å². The van der Waals surface area contributed by atoms with Crippen LogP contribution in [0.4, 0.5) is 0 Å². The zero-order valence-corrected chi connectivity index (χ0v) is 20.1. The van der Waals surface area contributed by atoms with Crippen molar-refractivity contribution in [2.75, 3.05) is 0 Å². The summed E-state index contributed by atoms with van der Waals surface area (Å²) in [6.45, 7) is 3.70. The number of carboxylic acids is 1. The van der Waals surface area contributed by atoms with Crippen molar-refractivity contribution in [2.24, 2.45) is 0 Å². The maximum atomic E-state index is 11.4. The number of aliphatic carboxylic acids is 1. The van der Waals surface area contributed by atoms with Gasteiger partial charge in [0.25, 0.3) is 0 Å². The first-order valence-corrected chi connectivity index (χ1v) is 12.3. The van der Waals surface area contributed by atoms with Gasteiger partial charge in [0.15, 0.2) is 0 Å². The minimum Gasteiger partial charge on any atom is -0.481 e. The second kappa shape index (κ2) is 18.2. The van der Waals surface area contributed by atoms with Crippen molar-refractivity contribution in [3.05, 3.63) is 53.6 Å². The third-order valence-corrected chi connectivity index (χ3v) is 5.51. The molecule has 0 fully saturated rings. The van der Waals surface area contributed by atoms with Crippen LogP contribution < -0.4 is 0 Å². The summed E-state index contributed by atoms with van der Waals surface area (Å²) in [6.07, 6.45) is 21.4. The van der Waals surface area contributed by atoms with Crippen LogP contribution in [0.15, 0.2) is 42.5 Å². The fourth-order valence-electron chi connectivity index (χ4n) is 3.75. The predicted octanol–water partition coefficient (Wildman–Crippen LogP) is 7.52. The smallest absolute Gasteiger partial charge is 0.303 e. The largest absolute Gasteiger partial charge is 0.481 e. The first kappa shape index (κ1) is 27.7. The van der Waals surface area contributed by atoms with Crippen molar-refractivity contribution in [1.29, 1.82) is 0 Å². The molecule has 0 spiro atoms. The Morgan fingerprint density at radius 2 is 1.62 bits per heavy atom. The molecule has 178 valence electrons. The van der Waals surface area contributed by atoms with E-state index in [1.807, 2.05) is 30.4 Å². The second-order valence-corrected chi connectivity index (χ2v) is 8.46. The van der Waals surface area contributed by atoms with Crippen molar-refractivity contribution >= 4 is 18.0 Å². The molecule has 1 atom stereocenters. The van der Waals surface area contributed by atoms with Crippen LogP contribution in [0.5, 0.6) is 0 Å². The van der Waals surface area contributed by atoms with Crippen molar-refractivity contribution in [2.45, 2.75) is 103 Å². The van der Waals surface area contributed by atoms with Gasteiger partial charge in [0.1, 0.15) is 6.10 Å². The molecule has 32 heavy (non-hydrogen) atoms. The zero-order chi connectivity index (χ0) is 23.4. The number of unbranched alkanes of at least 4 members (excludes halogenated alkanes) is 8. The topological polar surface area (TPSA) is 63.6 Å². The van der Waals surface area contributed by atoms with Gasteiger partial charge in [-0.15, -0.1) is 0 Å². The Balaban J connectivity index is 2.47. The Hall–Kier alpha value is -2.36. The first-order valence-electron chi connectivity index (χ1n) is 12.3. The highest BCUT2D eigenvalue weighted by molar-refractivity contribution is 5.66. The molecular formula is C28H42O4. The number of ether oxygens (including phenoxy) is 1. The van der Waals surface area contributed by atoms with Crippen molar-refractivity contribution < 1.29 is 19.4 Å². The molecule has 0 saturated heterocycles. The van der Waals surface area contributed by atoms with E-state index in [-0.39, 0.29) is 18.5 Å². The Bertz CT molecular complexity index is 705. The van der Waals surface area contributed by atoms with E-state index in [1.165, 1.54) is 57.4 Å². The molecule has 1 aromatic carbocycles. The van der Waals surface area contributed by atoms with Crippen molar-refractivity contribution in [3.63, 3.8) is 0 Å². The fraction of sp³-hybridized carbons (Fsp3) is 0.571. The van der Waals surface area contributed by atoms with Gasteiger partial charge < -0.3 is 9.84 Å². The predicted molar refractivity (Wildman–Crippen MR) is 133 cm³/mol. The van der Waals surface area contributed by atoms with Gasteiger partial charge in [-0.1, -0.05) is 94.4 Å². The lowest BCUT2D eigenvalue weighted by Gasteiger charge is -2.12. The van der Waals surface area contributed by atoms with Crippen molar-refractivity contribution in [3.8, 4) is 0 Å². The zero-order valence-electron chi connectivity index (χ0n) is 20.1. The number of carbonyl (C=O) groups excluding carboxylic acids is 1. The molecule has 1 aromatic rings. The lowest BCUT2D eigenvalue weighted by molar-refractivity contribution is -0.144. The van der Waals surface area contributed by atoms with E-state index >= 15 is 0 Å². The summed E-state index contributed by atoms with van der Waals surface area (Å²) in [5, 5.41) is 8.78. The summed E-state index contributed by atoms with van der Waals surface area (Å²) in [4.78, 5) is 22.1. The van der Waals surface area contributed by atoms with E-state index in [4.69, 9.17) is 9.84 Å². The lowest BCUT2D eigenvalue weighted by Crippen LogP contribution is -2.13. The number of rotatable bonds is 18. The molecule has 0 radical (unpaired) electrons. The van der Waals surface area contributed by atoms with Crippen LogP contribution in [0.2, 0.25) is 0 Å². The molecule has 0 aromatic heterocycles. The summed E-state index contributed by atoms with van der Waals surface area (Å²) in [5.74, 6) is -0.979. The molecular weight excluding hydrogens is 400 g/mol. The van der Waals surface area contributed by atoms with Gasteiger partial charge in [-0.25, -0.2) is 0 Å². The van der Waals surface area contributed by atoms with Gasteiger partial charge in [-0.3, -0.25) is 9.59 Å². The number of benzene rings is 1. The van der Waals surface area contributed by atoms with E-state index in [0.717, 1.165) is 31.2 Å². The molecule has 4 heteroatoms. The van der Waals surface area contributed by atoms with E-state index in [9.17, 15) is 9.59 Å². The number of esters is 1. The minimum absolute atomic E-state index is 0.177.